The lowest BCUT2D eigenvalue weighted by Gasteiger charge is -1.88. The molecule has 2 heteroatoms. The van der Waals surface area contributed by atoms with Gasteiger partial charge in [0.1, 0.15) is 0 Å². The van der Waals surface area contributed by atoms with Gasteiger partial charge in [0.15, 0.2) is 0 Å². The number of alkyl halides is 2. The average molecular weight is 216 g/mol. The summed E-state index contributed by atoms with van der Waals surface area (Å²) in [6.45, 7) is -0.142. The van der Waals surface area contributed by atoms with Gasteiger partial charge in [-0.15, -0.1) is 0 Å². The largest absolute Gasteiger partial charge is 0.251 e. The molecule has 0 aliphatic rings. The third-order valence-electron chi connectivity index (χ3n) is 0.767. The zero-order chi connectivity index (χ0) is 5.54. The third-order valence-corrected chi connectivity index (χ3v) is 1.53. The van der Waals surface area contributed by atoms with Gasteiger partial charge < -0.3 is 0 Å². The molecule has 0 aliphatic heterocycles. The maximum Gasteiger partial charge on any atom is 0.0894 e. The van der Waals surface area contributed by atoms with Crippen molar-refractivity contribution in [2.75, 3.05) is 11.1 Å². The summed E-state index contributed by atoms with van der Waals surface area (Å²) < 4.78 is 12.5. The normalized spacial score (nSPS) is 9.43. The Kier molecular flexibility index (Phi) is 7.29. The van der Waals surface area contributed by atoms with E-state index in [1.54, 1.807) is 0 Å². The molecule has 0 rings (SSSR count). The molecule has 0 fully saturated rings. The lowest BCUT2D eigenvalue weighted by Crippen LogP contribution is -1.77. The molecule has 0 unspecified atom stereocenters. The molecular formula is C5H10FI. The molecule has 0 aliphatic carbocycles. The van der Waals surface area contributed by atoms with Crippen molar-refractivity contribution in [3.63, 3.8) is 0 Å². The maximum atomic E-state index is 11.3. The Morgan fingerprint density at radius 2 is 1.86 bits per heavy atom. The van der Waals surface area contributed by atoms with Crippen LogP contribution in [0.4, 0.5) is 4.39 Å². The van der Waals surface area contributed by atoms with Crippen molar-refractivity contribution < 1.29 is 4.39 Å². The fourth-order valence-electron chi connectivity index (χ4n) is 0.366. The van der Waals surface area contributed by atoms with Gasteiger partial charge in [0.25, 0.3) is 0 Å². The summed E-state index contributed by atoms with van der Waals surface area (Å²) in [6.07, 6.45) is 2.98. The molecule has 0 amide bonds. The Morgan fingerprint density at radius 1 is 1.14 bits per heavy atom. The predicted octanol–water partition coefficient (Wildman–Crippen LogP) is 2.56. The van der Waals surface area contributed by atoms with Crippen molar-refractivity contribution in [2.24, 2.45) is 0 Å². The molecule has 7 heavy (non-hydrogen) atoms. The number of rotatable bonds is 4. The van der Waals surface area contributed by atoms with Gasteiger partial charge in [-0.05, 0) is 17.3 Å². The van der Waals surface area contributed by atoms with Crippen LogP contribution in [-0.4, -0.2) is 11.1 Å². The van der Waals surface area contributed by atoms with Gasteiger partial charge in [-0.1, -0.05) is 29.0 Å². The van der Waals surface area contributed by atoms with Gasteiger partial charge in [-0.3, -0.25) is 4.39 Å². The van der Waals surface area contributed by atoms with Crippen LogP contribution in [0.15, 0.2) is 0 Å². The van der Waals surface area contributed by atoms with E-state index < -0.39 is 0 Å². The van der Waals surface area contributed by atoms with E-state index in [1.807, 2.05) is 0 Å². The van der Waals surface area contributed by atoms with Crippen LogP contribution in [0, 0.1) is 0 Å². The van der Waals surface area contributed by atoms with E-state index in [1.165, 1.54) is 6.42 Å². The molecule has 0 N–H and O–H groups in total. The molecule has 0 atom stereocenters. The molecule has 0 saturated heterocycles. The zero-order valence-electron chi connectivity index (χ0n) is 4.29. The smallest absolute Gasteiger partial charge is 0.0894 e. The van der Waals surface area contributed by atoms with E-state index in [2.05, 4.69) is 22.6 Å². The summed E-state index contributed by atoms with van der Waals surface area (Å²) >= 11 is 2.30. The summed E-state index contributed by atoms with van der Waals surface area (Å²) in [5.74, 6) is 0. The highest BCUT2D eigenvalue weighted by Gasteiger charge is 1.82. The number of unbranched alkanes of at least 4 members (excludes halogenated alkanes) is 2. The first-order chi connectivity index (χ1) is 3.41. The van der Waals surface area contributed by atoms with Crippen molar-refractivity contribution in [1.82, 2.24) is 0 Å². The van der Waals surface area contributed by atoms with Crippen LogP contribution in [0.25, 0.3) is 0 Å². The van der Waals surface area contributed by atoms with Crippen molar-refractivity contribution in [3.8, 4) is 0 Å². The van der Waals surface area contributed by atoms with Crippen molar-refractivity contribution >= 4 is 22.6 Å². The first-order valence-electron chi connectivity index (χ1n) is 2.53. The minimum Gasteiger partial charge on any atom is -0.251 e. The molecular weight excluding hydrogens is 206 g/mol. The molecule has 0 aromatic rings. The Morgan fingerprint density at radius 3 is 2.29 bits per heavy atom. The molecule has 0 saturated carbocycles. The maximum absolute atomic E-state index is 11.3. The molecule has 0 radical (unpaired) electrons. The summed E-state index contributed by atoms with van der Waals surface area (Å²) in [5.41, 5.74) is 0. The first-order valence-corrected chi connectivity index (χ1v) is 4.06. The van der Waals surface area contributed by atoms with Gasteiger partial charge in [0.05, 0.1) is 6.67 Å². The summed E-state index contributed by atoms with van der Waals surface area (Å²) in [4.78, 5) is 0. The Hall–Kier alpha value is 0.660. The first kappa shape index (κ1) is 7.66. The molecule has 0 aromatic heterocycles. The Labute approximate surface area is 57.6 Å². The van der Waals surface area contributed by atoms with Crippen molar-refractivity contribution in [2.45, 2.75) is 19.3 Å². The molecule has 0 heterocycles. The fraction of sp³-hybridized carbons (Fsp3) is 1.00. The minimum atomic E-state index is -0.142. The van der Waals surface area contributed by atoms with E-state index in [0.29, 0.717) is 0 Å². The number of halogens is 2. The van der Waals surface area contributed by atoms with Crippen LogP contribution in [-0.2, 0) is 0 Å². The quantitative estimate of drug-likeness (QED) is 0.385. The van der Waals surface area contributed by atoms with Gasteiger partial charge >= 0.3 is 0 Å². The van der Waals surface area contributed by atoms with Crippen molar-refractivity contribution in [1.29, 1.82) is 0 Å². The molecule has 0 bridgehead atoms. The van der Waals surface area contributed by atoms with E-state index in [9.17, 15) is 4.39 Å². The van der Waals surface area contributed by atoms with Crippen LogP contribution in [0.5, 0.6) is 0 Å². The van der Waals surface area contributed by atoms with Gasteiger partial charge in [-0.25, -0.2) is 0 Å². The topological polar surface area (TPSA) is 0 Å². The molecule has 44 valence electrons. The Bertz CT molecular complexity index is 27.3. The minimum absolute atomic E-state index is 0.142. The van der Waals surface area contributed by atoms with Crippen LogP contribution < -0.4 is 0 Å². The van der Waals surface area contributed by atoms with E-state index >= 15 is 0 Å². The second-order valence-corrected chi connectivity index (χ2v) is 2.52. The lowest BCUT2D eigenvalue weighted by molar-refractivity contribution is 0.461. The van der Waals surface area contributed by atoms with E-state index in [4.69, 9.17) is 0 Å². The van der Waals surface area contributed by atoms with E-state index in [-0.39, 0.29) is 6.67 Å². The number of hydrogen-bond acceptors (Lipinski definition) is 0. The predicted molar refractivity (Wildman–Crippen MR) is 38.7 cm³/mol. The SMILES string of the molecule is FCCCCCI. The molecule has 0 aromatic carbocycles. The average Bonchev–Trinajstić information content (AvgIpc) is 1.69. The monoisotopic (exact) mass is 216 g/mol. The fourth-order valence-corrected chi connectivity index (χ4v) is 0.905. The summed E-state index contributed by atoms with van der Waals surface area (Å²) in [6, 6.07) is 0. The van der Waals surface area contributed by atoms with Gasteiger partial charge in [0, 0.05) is 0 Å². The third kappa shape index (κ3) is 6.66. The number of hydrogen-bond donors (Lipinski definition) is 0. The summed E-state index contributed by atoms with van der Waals surface area (Å²) in [5, 5.41) is 0. The van der Waals surface area contributed by atoms with Crippen LogP contribution in [0.1, 0.15) is 19.3 Å². The molecule has 0 spiro atoms. The summed E-state index contributed by atoms with van der Waals surface area (Å²) in [7, 11) is 0. The standard InChI is InChI=1S/C5H10FI/c6-4-2-1-3-5-7/h1-5H2. The van der Waals surface area contributed by atoms with Crippen LogP contribution in [0.3, 0.4) is 0 Å². The second-order valence-electron chi connectivity index (χ2n) is 1.44. The zero-order valence-corrected chi connectivity index (χ0v) is 6.45. The van der Waals surface area contributed by atoms with Crippen LogP contribution >= 0.6 is 22.6 Å². The highest BCUT2D eigenvalue weighted by Crippen LogP contribution is 1.97. The highest BCUT2D eigenvalue weighted by atomic mass is 127. The lowest BCUT2D eigenvalue weighted by atomic mass is 10.3. The van der Waals surface area contributed by atoms with Gasteiger partial charge in [-0.2, -0.15) is 0 Å². The van der Waals surface area contributed by atoms with Gasteiger partial charge in [0.2, 0.25) is 0 Å². The van der Waals surface area contributed by atoms with E-state index in [0.717, 1.165) is 17.3 Å². The second kappa shape index (κ2) is 6.66. The van der Waals surface area contributed by atoms with Crippen LogP contribution in [0.2, 0.25) is 0 Å². The van der Waals surface area contributed by atoms with Crippen molar-refractivity contribution in [3.05, 3.63) is 0 Å². The highest BCUT2D eigenvalue weighted by molar-refractivity contribution is 14.1. The molecule has 0 nitrogen and oxygen atoms in total. The Balaban J connectivity index is 2.45.